The van der Waals surface area contributed by atoms with E-state index in [0.717, 1.165) is 26.1 Å². The lowest BCUT2D eigenvalue weighted by molar-refractivity contribution is 0.250. The summed E-state index contributed by atoms with van der Waals surface area (Å²) in [6.45, 7) is 7.95. The molecule has 19 heavy (non-hydrogen) atoms. The van der Waals surface area contributed by atoms with Crippen molar-refractivity contribution < 1.29 is 9.90 Å². The number of phenolic OH excluding ortho intramolecular Hbond substituents is 1. The first kappa shape index (κ1) is 15.3. The number of benzene rings is 1. The van der Waals surface area contributed by atoms with Crippen LogP contribution in [0, 0.1) is 0 Å². The Morgan fingerprint density at radius 2 is 2.05 bits per heavy atom. The Balaban J connectivity index is 2.21. The van der Waals surface area contributed by atoms with Crippen molar-refractivity contribution >= 4 is 11.7 Å². The molecule has 1 rings (SSSR count). The molecule has 0 unspecified atom stereocenters. The van der Waals surface area contributed by atoms with Crippen LogP contribution in [0.15, 0.2) is 24.3 Å². The Morgan fingerprint density at radius 1 is 1.32 bits per heavy atom. The summed E-state index contributed by atoms with van der Waals surface area (Å²) in [5, 5.41) is 14.7. The SMILES string of the molecule is CCN(CC)CCCNC(=O)Nc1cccc(O)c1. The number of carbonyl (C=O) groups is 1. The quantitative estimate of drug-likeness (QED) is 0.662. The molecule has 5 nitrogen and oxygen atoms in total. The van der Waals surface area contributed by atoms with E-state index in [1.165, 1.54) is 6.07 Å². The van der Waals surface area contributed by atoms with Gasteiger partial charge in [0.25, 0.3) is 0 Å². The first-order chi connectivity index (χ1) is 9.15. The van der Waals surface area contributed by atoms with Crippen molar-refractivity contribution in [1.29, 1.82) is 0 Å². The van der Waals surface area contributed by atoms with Crippen LogP contribution in [0.1, 0.15) is 20.3 Å². The maximum Gasteiger partial charge on any atom is 0.319 e. The van der Waals surface area contributed by atoms with Gasteiger partial charge in [-0.1, -0.05) is 19.9 Å². The van der Waals surface area contributed by atoms with Crippen molar-refractivity contribution in [3.8, 4) is 5.75 Å². The van der Waals surface area contributed by atoms with Gasteiger partial charge in [-0.05, 0) is 38.2 Å². The molecular weight excluding hydrogens is 242 g/mol. The molecule has 1 aromatic carbocycles. The van der Waals surface area contributed by atoms with Crippen LogP contribution in [0.5, 0.6) is 5.75 Å². The number of amides is 2. The van der Waals surface area contributed by atoms with E-state index in [1.54, 1.807) is 18.2 Å². The van der Waals surface area contributed by atoms with E-state index in [1.807, 2.05) is 0 Å². The van der Waals surface area contributed by atoms with Gasteiger partial charge in [0.05, 0.1) is 0 Å². The fraction of sp³-hybridized carbons (Fsp3) is 0.500. The van der Waals surface area contributed by atoms with Crippen molar-refractivity contribution in [3.05, 3.63) is 24.3 Å². The maximum atomic E-state index is 11.6. The summed E-state index contributed by atoms with van der Waals surface area (Å²) in [4.78, 5) is 13.9. The average Bonchev–Trinajstić information content (AvgIpc) is 2.39. The van der Waals surface area contributed by atoms with Gasteiger partial charge < -0.3 is 20.6 Å². The molecule has 0 atom stereocenters. The van der Waals surface area contributed by atoms with Crippen LogP contribution in [-0.4, -0.2) is 42.2 Å². The van der Waals surface area contributed by atoms with Crippen LogP contribution in [-0.2, 0) is 0 Å². The molecule has 106 valence electrons. The van der Waals surface area contributed by atoms with E-state index in [4.69, 9.17) is 0 Å². The number of rotatable bonds is 7. The Morgan fingerprint density at radius 3 is 2.68 bits per heavy atom. The van der Waals surface area contributed by atoms with Crippen LogP contribution in [0.25, 0.3) is 0 Å². The second-order valence-corrected chi connectivity index (χ2v) is 4.31. The average molecular weight is 265 g/mol. The molecule has 2 amide bonds. The van der Waals surface area contributed by atoms with Crippen LogP contribution < -0.4 is 10.6 Å². The molecule has 0 aliphatic carbocycles. The molecular formula is C14H23N3O2. The van der Waals surface area contributed by atoms with Gasteiger partial charge in [0.2, 0.25) is 0 Å². The van der Waals surface area contributed by atoms with Gasteiger partial charge in [-0.15, -0.1) is 0 Å². The molecule has 0 aliphatic heterocycles. The zero-order valence-electron chi connectivity index (χ0n) is 11.6. The Labute approximate surface area is 114 Å². The van der Waals surface area contributed by atoms with Crippen LogP contribution >= 0.6 is 0 Å². The Hall–Kier alpha value is -1.75. The zero-order chi connectivity index (χ0) is 14.1. The van der Waals surface area contributed by atoms with Gasteiger partial charge in [-0.2, -0.15) is 0 Å². The molecule has 0 bridgehead atoms. The summed E-state index contributed by atoms with van der Waals surface area (Å²) in [6.07, 6.45) is 0.926. The monoisotopic (exact) mass is 265 g/mol. The second kappa shape index (κ2) is 8.37. The normalized spacial score (nSPS) is 10.5. The van der Waals surface area contributed by atoms with Gasteiger partial charge in [0.15, 0.2) is 0 Å². The maximum absolute atomic E-state index is 11.6. The zero-order valence-corrected chi connectivity index (χ0v) is 11.6. The number of aromatic hydroxyl groups is 1. The number of carbonyl (C=O) groups excluding carboxylic acids is 1. The second-order valence-electron chi connectivity index (χ2n) is 4.31. The van der Waals surface area contributed by atoms with E-state index < -0.39 is 0 Å². The van der Waals surface area contributed by atoms with Gasteiger partial charge in [-0.3, -0.25) is 0 Å². The third kappa shape index (κ3) is 6.10. The Kier molecular flexibility index (Phi) is 6.74. The van der Waals surface area contributed by atoms with Crippen molar-refractivity contribution in [2.45, 2.75) is 20.3 Å². The summed E-state index contributed by atoms with van der Waals surface area (Å²) in [6, 6.07) is 6.24. The number of phenols is 1. The number of nitrogens with one attached hydrogen (secondary N) is 2. The Bertz CT molecular complexity index is 392. The molecule has 0 saturated carbocycles. The standard InChI is InChI=1S/C14H23N3O2/c1-3-17(4-2)10-6-9-15-14(19)16-12-7-5-8-13(18)11-12/h5,7-8,11,18H,3-4,6,9-10H2,1-2H3,(H2,15,16,19). The lowest BCUT2D eigenvalue weighted by Gasteiger charge is -2.17. The first-order valence-corrected chi connectivity index (χ1v) is 6.72. The van der Waals surface area contributed by atoms with Crippen molar-refractivity contribution in [1.82, 2.24) is 10.2 Å². The summed E-state index contributed by atoms with van der Waals surface area (Å²) in [7, 11) is 0. The van der Waals surface area contributed by atoms with Crippen molar-refractivity contribution in [2.24, 2.45) is 0 Å². The number of hydrogen-bond acceptors (Lipinski definition) is 3. The fourth-order valence-corrected chi connectivity index (χ4v) is 1.80. The molecule has 0 fully saturated rings. The largest absolute Gasteiger partial charge is 0.508 e. The van der Waals surface area contributed by atoms with Crippen molar-refractivity contribution in [3.63, 3.8) is 0 Å². The number of urea groups is 1. The van der Waals surface area contributed by atoms with Gasteiger partial charge in [-0.25, -0.2) is 4.79 Å². The van der Waals surface area contributed by atoms with E-state index in [9.17, 15) is 9.90 Å². The minimum absolute atomic E-state index is 0.138. The van der Waals surface area contributed by atoms with E-state index in [2.05, 4.69) is 29.4 Å². The number of hydrogen-bond donors (Lipinski definition) is 3. The van der Waals surface area contributed by atoms with Crippen LogP contribution in [0.2, 0.25) is 0 Å². The topological polar surface area (TPSA) is 64.6 Å². The van der Waals surface area contributed by atoms with Crippen LogP contribution in [0.3, 0.4) is 0 Å². The van der Waals surface area contributed by atoms with Crippen LogP contribution in [0.4, 0.5) is 10.5 Å². The summed E-state index contributed by atoms with van der Waals surface area (Å²) >= 11 is 0. The smallest absolute Gasteiger partial charge is 0.319 e. The fourth-order valence-electron chi connectivity index (χ4n) is 1.80. The lowest BCUT2D eigenvalue weighted by Crippen LogP contribution is -2.32. The van der Waals surface area contributed by atoms with E-state index in [0.29, 0.717) is 12.2 Å². The van der Waals surface area contributed by atoms with Gasteiger partial charge in [0.1, 0.15) is 5.75 Å². The third-order valence-corrected chi connectivity index (χ3v) is 2.94. The molecule has 0 spiro atoms. The highest BCUT2D eigenvalue weighted by Gasteiger charge is 2.02. The highest BCUT2D eigenvalue weighted by molar-refractivity contribution is 5.89. The summed E-state index contributed by atoms with van der Waals surface area (Å²) < 4.78 is 0. The summed E-state index contributed by atoms with van der Waals surface area (Å²) in [5.74, 6) is 0.138. The first-order valence-electron chi connectivity index (χ1n) is 6.72. The molecule has 0 aliphatic rings. The lowest BCUT2D eigenvalue weighted by atomic mass is 10.3. The minimum Gasteiger partial charge on any atom is -0.508 e. The van der Waals surface area contributed by atoms with Crippen molar-refractivity contribution in [2.75, 3.05) is 31.5 Å². The minimum atomic E-state index is -0.245. The molecule has 1 aromatic rings. The number of anilines is 1. The molecule has 5 heteroatoms. The third-order valence-electron chi connectivity index (χ3n) is 2.94. The molecule has 0 radical (unpaired) electrons. The summed E-state index contributed by atoms with van der Waals surface area (Å²) in [5.41, 5.74) is 0.584. The highest BCUT2D eigenvalue weighted by Crippen LogP contribution is 2.14. The molecule has 0 aromatic heterocycles. The predicted octanol–water partition coefficient (Wildman–Crippen LogP) is 2.25. The van der Waals surface area contributed by atoms with E-state index in [-0.39, 0.29) is 11.8 Å². The molecule has 0 saturated heterocycles. The number of nitrogens with zero attached hydrogens (tertiary/aromatic N) is 1. The van der Waals surface area contributed by atoms with E-state index >= 15 is 0 Å². The predicted molar refractivity (Wildman–Crippen MR) is 77.5 cm³/mol. The molecule has 3 N–H and O–H groups in total. The van der Waals surface area contributed by atoms with Gasteiger partial charge >= 0.3 is 6.03 Å². The highest BCUT2D eigenvalue weighted by atomic mass is 16.3. The van der Waals surface area contributed by atoms with Gasteiger partial charge in [0, 0.05) is 18.3 Å². The molecule has 0 heterocycles.